The molecule has 0 amide bonds. The predicted molar refractivity (Wildman–Crippen MR) is 134 cm³/mol. The van der Waals surface area contributed by atoms with Crippen molar-refractivity contribution in [3.8, 4) is 11.8 Å². The van der Waals surface area contributed by atoms with Crippen LogP contribution in [0.2, 0.25) is 0 Å². The Hall–Kier alpha value is -2.28. The highest BCUT2D eigenvalue weighted by Crippen LogP contribution is 2.21. The Labute approximate surface area is 197 Å². The highest BCUT2D eigenvalue weighted by Gasteiger charge is 2.16. The number of guanidine groups is 1. The van der Waals surface area contributed by atoms with Gasteiger partial charge in [-0.1, -0.05) is 44.9 Å². The third-order valence-electron chi connectivity index (χ3n) is 4.71. The van der Waals surface area contributed by atoms with E-state index in [0.29, 0.717) is 17.8 Å². The quantitative estimate of drug-likeness (QED) is 0.190. The Bertz CT molecular complexity index is 822. The highest BCUT2D eigenvalue weighted by molar-refractivity contribution is 14.0. The molecule has 0 spiro atoms. The Morgan fingerprint density at radius 3 is 2.43 bits per heavy atom. The SMILES string of the molecule is CN=C(NCCCCC(C)C)NCCCc1nn(-c2ccccc2)c(N)c1C#N.I. The Balaban J connectivity index is 0.00000450. The van der Waals surface area contributed by atoms with E-state index >= 15 is 0 Å². The zero-order valence-corrected chi connectivity index (χ0v) is 20.5. The van der Waals surface area contributed by atoms with Gasteiger partial charge < -0.3 is 16.4 Å². The van der Waals surface area contributed by atoms with Crippen LogP contribution >= 0.6 is 24.0 Å². The van der Waals surface area contributed by atoms with Crippen LogP contribution in [-0.2, 0) is 6.42 Å². The normalized spacial score (nSPS) is 11.1. The molecule has 30 heavy (non-hydrogen) atoms. The van der Waals surface area contributed by atoms with Crippen molar-refractivity contribution < 1.29 is 0 Å². The minimum Gasteiger partial charge on any atom is -0.382 e. The lowest BCUT2D eigenvalue weighted by atomic mass is 10.1. The van der Waals surface area contributed by atoms with Crippen molar-refractivity contribution in [1.29, 1.82) is 5.26 Å². The summed E-state index contributed by atoms with van der Waals surface area (Å²) < 4.78 is 1.64. The first-order chi connectivity index (χ1) is 14.1. The molecule has 0 aliphatic rings. The van der Waals surface area contributed by atoms with Gasteiger partial charge in [0, 0.05) is 20.1 Å². The van der Waals surface area contributed by atoms with Gasteiger partial charge >= 0.3 is 0 Å². The zero-order valence-electron chi connectivity index (χ0n) is 18.2. The van der Waals surface area contributed by atoms with Crippen molar-refractivity contribution in [2.75, 3.05) is 25.9 Å². The lowest BCUT2D eigenvalue weighted by Gasteiger charge is -2.12. The molecule has 2 aromatic rings. The number of nitriles is 1. The molecule has 1 aromatic carbocycles. The summed E-state index contributed by atoms with van der Waals surface area (Å²) in [6, 6.07) is 11.8. The van der Waals surface area contributed by atoms with E-state index in [-0.39, 0.29) is 24.0 Å². The molecule has 1 heterocycles. The number of para-hydroxylation sites is 1. The molecule has 0 bridgehead atoms. The van der Waals surface area contributed by atoms with E-state index in [2.05, 4.69) is 40.6 Å². The molecule has 0 atom stereocenters. The smallest absolute Gasteiger partial charge is 0.190 e. The second kappa shape index (κ2) is 13.9. The molecule has 164 valence electrons. The maximum Gasteiger partial charge on any atom is 0.190 e. The van der Waals surface area contributed by atoms with Crippen LogP contribution in [0.25, 0.3) is 5.69 Å². The highest BCUT2D eigenvalue weighted by atomic mass is 127. The summed E-state index contributed by atoms with van der Waals surface area (Å²) in [5, 5.41) is 20.7. The van der Waals surface area contributed by atoms with Crippen LogP contribution in [0.5, 0.6) is 0 Å². The molecule has 8 heteroatoms. The lowest BCUT2D eigenvalue weighted by molar-refractivity contribution is 0.534. The first-order valence-electron chi connectivity index (χ1n) is 10.3. The third kappa shape index (κ3) is 7.86. The van der Waals surface area contributed by atoms with Crippen LogP contribution in [0.4, 0.5) is 5.82 Å². The fraction of sp³-hybridized carbons (Fsp3) is 0.500. The molecule has 0 unspecified atom stereocenters. The molecule has 1 aromatic heterocycles. The summed E-state index contributed by atoms with van der Waals surface area (Å²) in [6.45, 7) is 6.17. The molecule has 2 rings (SSSR count). The molecule has 0 aliphatic heterocycles. The number of anilines is 1. The monoisotopic (exact) mass is 523 g/mol. The Morgan fingerprint density at radius 2 is 1.83 bits per heavy atom. The molecule has 0 aliphatic carbocycles. The van der Waals surface area contributed by atoms with E-state index in [1.54, 1.807) is 11.7 Å². The summed E-state index contributed by atoms with van der Waals surface area (Å²) in [5.41, 5.74) is 8.20. The number of nitrogens with zero attached hydrogens (tertiary/aromatic N) is 4. The average molecular weight is 523 g/mol. The summed E-state index contributed by atoms with van der Waals surface area (Å²) in [5.74, 6) is 1.95. The van der Waals surface area contributed by atoms with Gasteiger partial charge in [0.05, 0.1) is 11.4 Å². The number of nitrogens with one attached hydrogen (secondary N) is 2. The van der Waals surface area contributed by atoms with Gasteiger partial charge in [-0.25, -0.2) is 4.68 Å². The van der Waals surface area contributed by atoms with Crippen LogP contribution in [-0.4, -0.2) is 35.9 Å². The van der Waals surface area contributed by atoms with Crippen LogP contribution in [0.15, 0.2) is 35.3 Å². The van der Waals surface area contributed by atoms with Gasteiger partial charge in [-0.15, -0.1) is 24.0 Å². The van der Waals surface area contributed by atoms with Crippen molar-refractivity contribution in [2.24, 2.45) is 10.9 Å². The molecular formula is C22H34IN7. The molecule has 0 radical (unpaired) electrons. The first kappa shape index (κ1) is 25.8. The topological polar surface area (TPSA) is 104 Å². The molecule has 0 saturated heterocycles. The standard InChI is InChI=1S/C22H33N7.HI/c1-17(2)10-7-8-14-26-22(25-3)27-15-9-13-20-19(16-23)21(24)29(28-20)18-11-5-4-6-12-18;/h4-6,11-12,17H,7-10,13-15,24H2,1-3H3,(H2,25,26,27);1H. The number of nitrogens with two attached hydrogens (primary N) is 1. The first-order valence-corrected chi connectivity index (χ1v) is 10.3. The minimum absolute atomic E-state index is 0. The lowest BCUT2D eigenvalue weighted by Crippen LogP contribution is -2.38. The summed E-state index contributed by atoms with van der Waals surface area (Å²) in [4.78, 5) is 4.26. The number of aryl methyl sites for hydroxylation is 1. The summed E-state index contributed by atoms with van der Waals surface area (Å²) in [6.07, 6.45) is 5.12. The van der Waals surface area contributed by atoms with Crippen LogP contribution < -0.4 is 16.4 Å². The van der Waals surface area contributed by atoms with Crippen molar-refractivity contribution in [2.45, 2.75) is 46.0 Å². The van der Waals surface area contributed by atoms with Gasteiger partial charge in [0.15, 0.2) is 5.96 Å². The number of unbranched alkanes of at least 4 members (excludes halogenated alkanes) is 1. The average Bonchev–Trinajstić information content (AvgIpc) is 3.05. The zero-order chi connectivity index (χ0) is 21.1. The van der Waals surface area contributed by atoms with Gasteiger partial charge in [-0.05, 0) is 37.3 Å². The van der Waals surface area contributed by atoms with Crippen LogP contribution in [0.3, 0.4) is 0 Å². The van der Waals surface area contributed by atoms with E-state index in [0.717, 1.165) is 49.2 Å². The molecule has 4 N–H and O–H groups in total. The molecule has 7 nitrogen and oxygen atoms in total. The van der Waals surface area contributed by atoms with Crippen LogP contribution in [0, 0.1) is 17.2 Å². The number of aromatic nitrogens is 2. The van der Waals surface area contributed by atoms with Gasteiger partial charge in [-0.2, -0.15) is 10.4 Å². The van der Waals surface area contributed by atoms with Gasteiger partial charge in [0.2, 0.25) is 0 Å². The Morgan fingerprint density at radius 1 is 1.17 bits per heavy atom. The second-order valence-electron chi connectivity index (χ2n) is 7.49. The number of nitrogen functional groups attached to an aromatic ring is 1. The molecule has 0 saturated carbocycles. The summed E-state index contributed by atoms with van der Waals surface area (Å²) in [7, 11) is 1.78. The van der Waals surface area contributed by atoms with Gasteiger partial charge in [-0.3, -0.25) is 4.99 Å². The van der Waals surface area contributed by atoms with E-state index in [4.69, 9.17) is 5.73 Å². The number of benzene rings is 1. The number of halogens is 1. The van der Waals surface area contributed by atoms with Crippen molar-refractivity contribution in [3.05, 3.63) is 41.6 Å². The van der Waals surface area contributed by atoms with Crippen molar-refractivity contribution >= 4 is 35.8 Å². The number of hydrogen-bond donors (Lipinski definition) is 3. The van der Waals surface area contributed by atoms with E-state index in [1.807, 2.05) is 30.3 Å². The van der Waals surface area contributed by atoms with E-state index < -0.39 is 0 Å². The largest absolute Gasteiger partial charge is 0.382 e. The summed E-state index contributed by atoms with van der Waals surface area (Å²) >= 11 is 0. The van der Waals surface area contributed by atoms with E-state index in [9.17, 15) is 5.26 Å². The maximum atomic E-state index is 9.49. The van der Waals surface area contributed by atoms with Crippen molar-refractivity contribution in [1.82, 2.24) is 20.4 Å². The molecule has 0 fully saturated rings. The van der Waals surface area contributed by atoms with Gasteiger partial charge in [0.25, 0.3) is 0 Å². The van der Waals surface area contributed by atoms with Crippen molar-refractivity contribution in [3.63, 3.8) is 0 Å². The second-order valence-corrected chi connectivity index (χ2v) is 7.49. The number of rotatable bonds is 10. The molecular weight excluding hydrogens is 489 g/mol. The maximum absolute atomic E-state index is 9.49. The fourth-order valence-corrected chi connectivity index (χ4v) is 3.11. The minimum atomic E-state index is 0. The number of hydrogen-bond acceptors (Lipinski definition) is 4. The van der Waals surface area contributed by atoms with E-state index in [1.165, 1.54) is 12.8 Å². The van der Waals surface area contributed by atoms with Gasteiger partial charge in [0.1, 0.15) is 17.5 Å². The predicted octanol–water partition coefficient (Wildman–Crippen LogP) is 3.87. The Kier molecular flexibility index (Phi) is 11.9. The number of aliphatic imine (C=N–C) groups is 1. The van der Waals surface area contributed by atoms with Crippen LogP contribution in [0.1, 0.15) is 50.8 Å². The fourth-order valence-electron chi connectivity index (χ4n) is 3.11. The third-order valence-corrected chi connectivity index (χ3v) is 4.71.